The molecule has 0 bridgehead atoms. The van der Waals surface area contributed by atoms with Gasteiger partial charge >= 0.3 is 0 Å². The zero-order valence-electron chi connectivity index (χ0n) is 16.6. The van der Waals surface area contributed by atoms with E-state index in [0.29, 0.717) is 0 Å². The molecule has 2 rings (SSSR count). The molecular weight excluding hydrogens is 318 g/mol. The van der Waals surface area contributed by atoms with Gasteiger partial charge in [0.05, 0.1) is 11.3 Å². The normalized spacial score (nSPS) is 19.8. The van der Waals surface area contributed by atoms with Gasteiger partial charge in [0, 0.05) is 19.2 Å². The first-order valence-electron chi connectivity index (χ1n) is 10.4. The SMILES string of the molecule is CCCCCCCOC1(CCCC)C=CC(N=Cc2ccccc2)=CC1. The van der Waals surface area contributed by atoms with E-state index in [2.05, 4.69) is 49.2 Å². The van der Waals surface area contributed by atoms with Crippen molar-refractivity contribution in [3.63, 3.8) is 0 Å². The average Bonchev–Trinajstić information content (AvgIpc) is 2.69. The molecule has 0 N–H and O–H groups in total. The highest BCUT2D eigenvalue weighted by Crippen LogP contribution is 2.31. The predicted molar refractivity (Wildman–Crippen MR) is 113 cm³/mol. The molecule has 1 aliphatic carbocycles. The summed E-state index contributed by atoms with van der Waals surface area (Å²) < 4.78 is 6.38. The molecule has 0 amide bonds. The molecule has 2 nitrogen and oxygen atoms in total. The van der Waals surface area contributed by atoms with Crippen LogP contribution in [0.25, 0.3) is 0 Å². The van der Waals surface area contributed by atoms with Crippen LogP contribution in [0, 0.1) is 0 Å². The molecule has 1 atom stereocenters. The Hall–Kier alpha value is -1.67. The topological polar surface area (TPSA) is 21.6 Å². The molecule has 0 heterocycles. The predicted octanol–water partition coefficient (Wildman–Crippen LogP) is 6.87. The van der Waals surface area contributed by atoms with E-state index in [-0.39, 0.29) is 5.60 Å². The lowest BCUT2D eigenvalue weighted by Crippen LogP contribution is -2.31. The number of benzene rings is 1. The third kappa shape index (κ3) is 7.29. The van der Waals surface area contributed by atoms with Gasteiger partial charge in [-0.2, -0.15) is 0 Å². The van der Waals surface area contributed by atoms with Gasteiger partial charge in [0.2, 0.25) is 0 Å². The van der Waals surface area contributed by atoms with Crippen LogP contribution in [0.2, 0.25) is 0 Å². The van der Waals surface area contributed by atoms with Crippen LogP contribution in [-0.4, -0.2) is 18.4 Å². The minimum Gasteiger partial charge on any atom is -0.371 e. The minimum atomic E-state index is -0.119. The third-order valence-electron chi connectivity index (χ3n) is 4.97. The molecule has 0 saturated heterocycles. The number of ether oxygens (including phenoxy) is 1. The molecule has 1 aromatic carbocycles. The van der Waals surface area contributed by atoms with E-state index in [4.69, 9.17) is 4.74 Å². The molecule has 0 spiro atoms. The largest absolute Gasteiger partial charge is 0.371 e. The molecule has 0 saturated carbocycles. The molecule has 2 heteroatoms. The van der Waals surface area contributed by atoms with Gasteiger partial charge in [-0.05, 0) is 24.5 Å². The molecule has 0 aliphatic heterocycles. The lowest BCUT2D eigenvalue weighted by atomic mass is 9.88. The van der Waals surface area contributed by atoms with Gasteiger partial charge in [-0.25, -0.2) is 0 Å². The van der Waals surface area contributed by atoms with Crippen LogP contribution in [0.1, 0.15) is 77.2 Å². The van der Waals surface area contributed by atoms with Gasteiger partial charge < -0.3 is 4.74 Å². The van der Waals surface area contributed by atoms with Gasteiger partial charge in [0.15, 0.2) is 0 Å². The summed E-state index contributed by atoms with van der Waals surface area (Å²) in [4.78, 5) is 4.62. The van der Waals surface area contributed by atoms with Crippen molar-refractivity contribution >= 4 is 6.21 Å². The maximum Gasteiger partial charge on any atom is 0.0901 e. The molecule has 26 heavy (non-hydrogen) atoms. The Morgan fingerprint density at radius 1 is 1.00 bits per heavy atom. The summed E-state index contributed by atoms with van der Waals surface area (Å²) in [6.45, 7) is 5.37. The monoisotopic (exact) mass is 353 g/mol. The number of unbranched alkanes of at least 4 members (excludes halogenated alkanes) is 5. The van der Waals surface area contributed by atoms with E-state index < -0.39 is 0 Å². The van der Waals surface area contributed by atoms with Crippen molar-refractivity contribution < 1.29 is 4.74 Å². The van der Waals surface area contributed by atoms with Crippen LogP contribution in [0.3, 0.4) is 0 Å². The van der Waals surface area contributed by atoms with Crippen molar-refractivity contribution in [3.05, 3.63) is 59.8 Å². The zero-order chi connectivity index (χ0) is 18.5. The maximum atomic E-state index is 6.38. The summed E-state index contributed by atoms with van der Waals surface area (Å²) in [5.74, 6) is 0. The highest BCUT2D eigenvalue weighted by molar-refractivity contribution is 5.80. The molecular formula is C24H35NO. The van der Waals surface area contributed by atoms with Crippen LogP contribution >= 0.6 is 0 Å². The maximum absolute atomic E-state index is 6.38. The first-order chi connectivity index (χ1) is 12.8. The smallest absolute Gasteiger partial charge is 0.0901 e. The Kier molecular flexibility index (Phi) is 9.41. The van der Waals surface area contributed by atoms with E-state index in [0.717, 1.165) is 30.7 Å². The molecule has 0 aromatic heterocycles. The second kappa shape index (κ2) is 11.9. The Morgan fingerprint density at radius 3 is 2.46 bits per heavy atom. The summed E-state index contributed by atoms with van der Waals surface area (Å²) in [5, 5.41) is 0. The second-order valence-electron chi connectivity index (χ2n) is 7.27. The van der Waals surface area contributed by atoms with E-state index in [1.165, 1.54) is 44.9 Å². The van der Waals surface area contributed by atoms with Crippen LogP contribution in [0.15, 0.2) is 59.2 Å². The van der Waals surface area contributed by atoms with E-state index in [1.54, 1.807) is 0 Å². The van der Waals surface area contributed by atoms with E-state index in [9.17, 15) is 0 Å². The quantitative estimate of drug-likeness (QED) is 0.297. The highest BCUT2D eigenvalue weighted by atomic mass is 16.5. The minimum absolute atomic E-state index is 0.119. The number of nitrogens with zero attached hydrogens (tertiary/aromatic N) is 1. The first-order valence-corrected chi connectivity index (χ1v) is 10.4. The second-order valence-corrected chi connectivity index (χ2v) is 7.27. The van der Waals surface area contributed by atoms with Crippen molar-refractivity contribution in [1.82, 2.24) is 0 Å². The standard InChI is InChI=1S/C24H35NO/c1-3-5-7-8-12-20-26-24(17-6-4-2)18-15-23(16-19-24)25-21-22-13-10-9-11-14-22/h9-11,13-16,18,21H,3-8,12,17,19-20H2,1-2H3. The molecule has 1 aromatic rings. The highest BCUT2D eigenvalue weighted by Gasteiger charge is 2.28. The Morgan fingerprint density at radius 2 is 1.77 bits per heavy atom. The number of aliphatic imine (C=N–C) groups is 1. The molecule has 142 valence electrons. The number of allylic oxidation sites excluding steroid dienone is 1. The fourth-order valence-electron chi connectivity index (χ4n) is 3.26. The third-order valence-corrected chi connectivity index (χ3v) is 4.97. The summed E-state index contributed by atoms with van der Waals surface area (Å²) >= 11 is 0. The van der Waals surface area contributed by atoms with E-state index >= 15 is 0 Å². The Labute approximate surface area is 160 Å². The van der Waals surface area contributed by atoms with Gasteiger partial charge in [-0.15, -0.1) is 0 Å². The summed E-state index contributed by atoms with van der Waals surface area (Å²) in [7, 11) is 0. The lowest BCUT2D eigenvalue weighted by molar-refractivity contribution is -0.0167. The van der Waals surface area contributed by atoms with Crippen LogP contribution in [-0.2, 0) is 4.74 Å². The molecule has 1 unspecified atom stereocenters. The lowest BCUT2D eigenvalue weighted by Gasteiger charge is -2.32. The fraction of sp³-hybridized carbons (Fsp3) is 0.542. The summed E-state index contributed by atoms with van der Waals surface area (Å²) in [5.41, 5.74) is 2.05. The van der Waals surface area contributed by atoms with Crippen molar-refractivity contribution in [2.24, 2.45) is 4.99 Å². The summed E-state index contributed by atoms with van der Waals surface area (Å²) in [6, 6.07) is 10.2. The van der Waals surface area contributed by atoms with E-state index in [1.807, 2.05) is 24.4 Å². The molecule has 0 radical (unpaired) electrons. The van der Waals surface area contributed by atoms with Crippen molar-refractivity contribution in [3.8, 4) is 0 Å². The van der Waals surface area contributed by atoms with Crippen LogP contribution in [0.4, 0.5) is 0 Å². The fourth-order valence-corrected chi connectivity index (χ4v) is 3.26. The van der Waals surface area contributed by atoms with Crippen molar-refractivity contribution in [2.75, 3.05) is 6.61 Å². The first kappa shape index (κ1) is 20.6. The van der Waals surface area contributed by atoms with Gasteiger partial charge in [0.1, 0.15) is 0 Å². The van der Waals surface area contributed by atoms with Crippen LogP contribution in [0.5, 0.6) is 0 Å². The zero-order valence-corrected chi connectivity index (χ0v) is 16.6. The van der Waals surface area contributed by atoms with Gasteiger partial charge in [0.25, 0.3) is 0 Å². The number of hydrogen-bond acceptors (Lipinski definition) is 2. The van der Waals surface area contributed by atoms with Crippen molar-refractivity contribution in [2.45, 2.75) is 77.2 Å². The average molecular weight is 354 g/mol. The Balaban J connectivity index is 1.87. The van der Waals surface area contributed by atoms with Crippen LogP contribution < -0.4 is 0 Å². The molecule has 0 fully saturated rings. The molecule has 1 aliphatic rings. The number of rotatable bonds is 12. The van der Waals surface area contributed by atoms with Gasteiger partial charge in [-0.1, -0.05) is 94.9 Å². The Bertz CT molecular complexity index is 587. The number of hydrogen-bond donors (Lipinski definition) is 0. The summed E-state index contributed by atoms with van der Waals surface area (Å²) in [6.07, 6.45) is 19.4. The van der Waals surface area contributed by atoms with Gasteiger partial charge in [-0.3, -0.25) is 4.99 Å². The van der Waals surface area contributed by atoms with Crippen molar-refractivity contribution in [1.29, 1.82) is 0 Å².